The Morgan fingerprint density at radius 2 is 1.71 bits per heavy atom. The van der Waals surface area contributed by atoms with E-state index in [0.717, 1.165) is 0 Å². The lowest BCUT2D eigenvalue weighted by Gasteiger charge is -2.34. The molecule has 1 fully saturated rings. The summed E-state index contributed by atoms with van der Waals surface area (Å²) in [5.41, 5.74) is 2.46. The Labute approximate surface area is 108 Å². The monoisotopic (exact) mass is 250 g/mol. The second kappa shape index (κ2) is 4.83. The molecule has 0 saturated carbocycles. The summed E-state index contributed by atoms with van der Waals surface area (Å²) in [4.78, 5) is 12.6. The predicted molar refractivity (Wildman–Crippen MR) is 73.1 cm³/mol. The van der Waals surface area contributed by atoms with E-state index in [-0.39, 0.29) is 5.12 Å². The fourth-order valence-electron chi connectivity index (χ4n) is 2.37. The van der Waals surface area contributed by atoms with Crippen molar-refractivity contribution in [3.63, 3.8) is 0 Å². The van der Waals surface area contributed by atoms with Gasteiger partial charge in [0.05, 0.1) is 13.1 Å². The van der Waals surface area contributed by atoms with E-state index >= 15 is 0 Å². The molecule has 0 radical (unpaired) electrons. The van der Waals surface area contributed by atoms with Gasteiger partial charge in [0.1, 0.15) is 5.69 Å². The third-order valence-corrected chi connectivity index (χ3v) is 4.01. The fourth-order valence-corrected chi connectivity index (χ4v) is 2.51. The van der Waals surface area contributed by atoms with Gasteiger partial charge in [0, 0.05) is 18.4 Å². The highest BCUT2D eigenvalue weighted by atomic mass is 32.1. The van der Waals surface area contributed by atoms with Crippen molar-refractivity contribution in [2.24, 2.45) is 5.41 Å². The summed E-state index contributed by atoms with van der Waals surface area (Å²) in [5.74, 6) is 0. The van der Waals surface area contributed by atoms with Gasteiger partial charge in [0.2, 0.25) is 5.12 Å². The number of thiol groups is 1. The van der Waals surface area contributed by atoms with E-state index in [1.165, 1.54) is 36.5 Å². The predicted octanol–water partition coefficient (Wildman–Crippen LogP) is 2.09. The number of carbonyl (C=O) groups is 1. The van der Waals surface area contributed by atoms with E-state index in [9.17, 15) is 4.79 Å². The summed E-state index contributed by atoms with van der Waals surface area (Å²) in [6.07, 6.45) is 2.52. The summed E-state index contributed by atoms with van der Waals surface area (Å²) in [6.45, 7) is 7.04. The van der Waals surface area contributed by atoms with Crippen molar-refractivity contribution in [2.75, 3.05) is 13.1 Å². The summed E-state index contributed by atoms with van der Waals surface area (Å²) < 4.78 is 0. The summed E-state index contributed by atoms with van der Waals surface area (Å²) in [6, 6.07) is 7.85. The Morgan fingerprint density at radius 3 is 2.18 bits per heavy atom. The van der Waals surface area contributed by atoms with Crippen molar-refractivity contribution in [3.8, 4) is 0 Å². The van der Waals surface area contributed by atoms with Crippen LogP contribution in [0.4, 0.5) is 5.69 Å². The maximum Gasteiger partial charge on any atom is 0.216 e. The van der Waals surface area contributed by atoms with Gasteiger partial charge in [0.15, 0.2) is 0 Å². The maximum absolute atomic E-state index is 11.1. The topological polar surface area (TPSA) is 21.5 Å². The van der Waals surface area contributed by atoms with Gasteiger partial charge in [-0.1, -0.05) is 13.8 Å². The zero-order chi connectivity index (χ0) is 12.5. The number of piperidine rings is 1. The molecule has 2 nitrogen and oxygen atoms in total. The van der Waals surface area contributed by atoms with Crippen molar-refractivity contribution < 1.29 is 9.69 Å². The highest BCUT2D eigenvalue weighted by Gasteiger charge is 2.28. The molecule has 0 spiro atoms. The van der Waals surface area contributed by atoms with Crippen LogP contribution in [0.15, 0.2) is 24.3 Å². The Morgan fingerprint density at radius 1 is 1.18 bits per heavy atom. The van der Waals surface area contributed by atoms with Crippen LogP contribution in [0.2, 0.25) is 0 Å². The molecule has 0 aliphatic carbocycles. The lowest BCUT2D eigenvalue weighted by Crippen LogP contribution is -3.08. The van der Waals surface area contributed by atoms with Gasteiger partial charge < -0.3 is 4.90 Å². The van der Waals surface area contributed by atoms with Gasteiger partial charge in [0.25, 0.3) is 0 Å². The van der Waals surface area contributed by atoms with Crippen molar-refractivity contribution in [3.05, 3.63) is 29.8 Å². The molecule has 92 valence electrons. The molecule has 1 heterocycles. The molecule has 17 heavy (non-hydrogen) atoms. The molecule has 1 aliphatic rings. The number of carbonyl (C=O) groups excluding carboxylic acids is 1. The molecule has 1 aromatic carbocycles. The molecule has 0 aromatic heterocycles. The van der Waals surface area contributed by atoms with E-state index in [2.05, 4.69) is 38.6 Å². The van der Waals surface area contributed by atoms with E-state index in [4.69, 9.17) is 0 Å². The fraction of sp³-hybridized carbons (Fsp3) is 0.500. The smallest absolute Gasteiger partial charge is 0.216 e. The molecule has 1 aliphatic heterocycles. The molecule has 2 rings (SSSR count). The van der Waals surface area contributed by atoms with Crippen molar-refractivity contribution in [1.82, 2.24) is 0 Å². The first-order chi connectivity index (χ1) is 7.98. The SMILES string of the molecule is CC1(C)CC[NH+](c2ccc(C(=O)S)cc2)CC1. The number of hydrogen-bond donors (Lipinski definition) is 2. The number of benzene rings is 1. The lowest BCUT2D eigenvalue weighted by atomic mass is 9.82. The van der Waals surface area contributed by atoms with Crippen LogP contribution in [0.1, 0.15) is 37.0 Å². The molecule has 0 bridgehead atoms. The first kappa shape index (κ1) is 12.7. The van der Waals surface area contributed by atoms with Gasteiger partial charge in [-0.25, -0.2) is 0 Å². The molecule has 0 atom stereocenters. The van der Waals surface area contributed by atoms with E-state index in [1.807, 2.05) is 12.1 Å². The molecule has 0 unspecified atom stereocenters. The van der Waals surface area contributed by atoms with E-state index in [1.54, 1.807) is 0 Å². The van der Waals surface area contributed by atoms with Gasteiger partial charge in [-0.15, -0.1) is 12.6 Å². The minimum atomic E-state index is -0.161. The molecule has 0 amide bonds. The van der Waals surface area contributed by atoms with Crippen LogP contribution >= 0.6 is 12.6 Å². The minimum Gasteiger partial charge on any atom is -0.302 e. The highest BCUT2D eigenvalue weighted by molar-refractivity contribution is 7.97. The molecular formula is C14H20NOS+. The minimum absolute atomic E-state index is 0.161. The van der Waals surface area contributed by atoms with Gasteiger partial charge in [-0.3, -0.25) is 4.79 Å². The molecule has 3 heteroatoms. The first-order valence-corrected chi connectivity index (χ1v) is 6.61. The summed E-state index contributed by atoms with van der Waals surface area (Å²) in [7, 11) is 0. The average molecular weight is 250 g/mol. The van der Waals surface area contributed by atoms with Crippen LogP contribution in [0.5, 0.6) is 0 Å². The number of quaternary nitrogens is 1. The first-order valence-electron chi connectivity index (χ1n) is 6.16. The second-order valence-electron chi connectivity index (χ2n) is 5.65. The van der Waals surface area contributed by atoms with Crippen LogP contribution in [0.3, 0.4) is 0 Å². The molecule has 1 saturated heterocycles. The van der Waals surface area contributed by atoms with E-state index in [0.29, 0.717) is 11.0 Å². The standard InChI is InChI=1S/C14H19NOS/c1-14(2)7-9-15(10-8-14)12-5-3-11(4-6-12)13(16)17/h3-6H,7-10H2,1-2H3,(H,16,17)/p+1. The Kier molecular flexibility index (Phi) is 3.59. The quantitative estimate of drug-likeness (QED) is 0.771. The number of rotatable bonds is 2. The van der Waals surface area contributed by atoms with Crippen LogP contribution in [-0.2, 0) is 0 Å². The van der Waals surface area contributed by atoms with Crippen molar-refractivity contribution in [2.45, 2.75) is 26.7 Å². The van der Waals surface area contributed by atoms with Crippen LogP contribution in [0.25, 0.3) is 0 Å². The largest absolute Gasteiger partial charge is 0.302 e. The normalized spacial score (nSPS) is 20.2. The lowest BCUT2D eigenvalue weighted by molar-refractivity contribution is -0.841. The van der Waals surface area contributed by atoms with Crippen LogP contribution in [-0.4, -0.2) is 18.2 Å². The average Bonchev–Trinajstić information content (AvgIpc) is 2.29. The maximum atomic E-state index is 11.1. The van der Waals surface area contributed by atoms with Crippen molar-refractivity contribution in [1.29, 1.82) is 0 Å². The third kappa shape index (κ3) is 3.11. The van der Waals surface area contributed by atoms with Crippen LogP contribution in [0, 0.1) is 5.41 Å². The van der Waals surface area contributed by atoms with Crippen LogP contribution < -0.4 is 4.90 Å². The second-order valence-corrected chi connectivity index (χ2v) is 6.06. The van der Waals surface area contributed by atoms with Gasteiger partial charge >= 0.3 is 0 Å². The third-order valence-electron chi connectivity index (χ3n) is 3.75. The number of nitrogens with one attached hydrogen (secondary N) is 1. The van der Waals surface area contributed by atoms with E-state index < -0.39 is 0 Å². The highest BCUT2D eigenvalue weighted by Crippen LogP contribution is 2.25. The Hall–Kier alpha value is -0.800. The van der Waals surface area contributed by atoms with Gasteiger partial charge in [-0.2, -0.15) is 0 Å². The Balaban J connectivity index is 2.06. The molecular weight excluding hydrogens is 230 g/mol. The molecule has 1 N–H and O–H groups in total. The summed E-state index contributed by atoms with van der Waals surface area (Å²) in [5, 5.41) is -0.161. The van der Waals surface area contributed by atoms with Crippen molar-refractivity contribution >= 4 is 23.4 Å². The van der Waals surface area contributed by atoms with Gasteiger partial charge in [-0.05, 0) is 29.7 Å². The number of hydrogen-bond acceptors (Lipinski definition) is 1. The molecule has 1 aromatic rings. The summed E-state index contributed by atoms with van der Waals surface area (Å²) >= 11 is 3.83. The zero-order valence-electron chi connectivity index (χ0n) is 10.5. The zero-order valence-corrected chi connectivity index (χ0v) is 11.4. The Bertz CT molecular complexity index is 401.